The summed E-state index contributed by atoms with van der Waals surface area (Å²) >= 11 is 0. The highest BCUT2D eigenvalue weighted by Crippen LogP contribution is 2.12. The quantitative estimate of drug-likeness (QED) is 0.795. The lowest BCUT2D eigenvalue weighted by molar-refractivity contribution is 0.820. The van der Waals surface area contributed by atoms with Crippen LogP contribution in [0.15, 0.2) is 24.5 Å². The molecular formula is C11H15N3. The maximum absolute atomic E-state index is 5.48. The van der Waals surface area contributed by atoms with E-state index in [0.717, 1.165) is 25.1 Å². The van der Waals surface area contributed by atoms with E-state index in [4.69, 9.17) is 5.73 Å². The Morgan fingerprint density at radius 2 is 2.29 bits per heavy atom. The smallest absolute Gasteiger partial charge is 0.0997 e. The van der Waals surface area contributed by atoms with Gasteiger partial charge in [-0.2, -0.15) is 0 Å². The second-order valence-corrected chi connectivity index (χ2v) is 3.51. The van der Waals surface area contributed by atoms with Crippen LogP contribution in [-0.4, -0.2) is 15.9 Å². The summed E-state index contributed by atoms with van der Waals surface area (Å²) < 4.78 is 2.12. The van der Waals surface area contributed by atoms with Crippen LogP contribution in [0.5, 0.6) is 0 Å². The Hall–Kier alpha value is -1.35. The molecule has 3 nitrogen and oxygen atoms in total. The average molecular weight is 189 g/mol. The SMILES string of the molecule is Cc1cccc2c(CCCN)ncn12. The molecule has 0 saturated carbocycles. The van der Waals surface area contributed by atoms with E-state index < -0.39 is 0 Å². The van der Waals surface area contributed by atoms with Crippen LogP contribution in [0.25, 0.3) is 5.52 Å². The van der Waals surface area contributed by atoms with Gasteiger partial charge in [-0.05, 0) is 38.4 Å². The number of hydrogen-bond acceptors (Lipinski definition) is 2. The molecule has 2 rings (SSSR count). The molecule has 74 valence electrons. The van der Waals surface area contributed by atoms with E-state index in [9.17, 15) is 0 Å². The standard InChI is InChI=1S/C11H15N3/c1-9-4-2-6-11-10(5-3-7-12)13-8-14(9)11/h2,4,6,8H,3,5,7,12H2,1H3. The molecule has 0 aromatic carbocycles. The predicted molar refractivity (Wildman–Crippen MR) is 57.3 cm³/mol. The minimum Gasteiger partial charge on any atom is -0.330 e. The number of pyridine rings is 1. The number of hydrogen-bond donors (Lipinski definition) is 1. The first kappa shape index (κ1) is 9.21. The number of imidazole rings is 1. The van der Waals surface area contributed by atoms with Gasteiger partial charge in [-0.1, -0.05) is 6.07 Å². The van der Waals surface area contributed by atoms with Gasteiger partial charge < -0.3 is 10.1 Å². The van der Waals surface area contributed by atoms with Crippen molar-refractivity contribution in [2.75, 3.05) is 6.54 Å². The molecule has 0 aliphatic heterocycles. The van der Waals surface area contributed by atoms with E-state index in [1.54, 1.807) is 0 Å². The van der Waals surface area contributed by atoms with Crippen LogP contribution in [-0.2, 0) is 6.42 Å². The van der Waals surface area contributed by atoms with Crippen LogP contribution in [0.2, 0.25) is 0 Å². The Kier molecular flexibility index (Phi) is 2.50. The lowest BCUT2D eigenvalue weighted by Crippen LogP contribution is -2.00. The fourth-order valence-electron chi connectivity index (χ4n) is 1.67. The number of aromatic nitrogens is 2. The van der Waals surface area contributed by atoms with E-state index in [1.165, 1.54) is 11.2 Å². The van der Waals surface area contributed by atoms with Crippen molar-refractivity contribution in [1.29, 1.82) is 0 Å². The van der Waals surface area contributed by atoms with E-state index in [0.29, 0.717) is 0 Å². The van der Waals surface area contributed by atoms with E-state index in [-0.39, 0.29) is 0 Å². The summed E-state index contributed by atoms with van der Waals surface area (Å²) in [5.41, 5.74) is 9.06. The third kappa shape index (κ3) is 1.51. The van der Waals surface area contributed by atoms with Crippen molar-refractivity contribution in [1.82, 2.24) is 9.38 Å². The molecule has 0 bridgehead atoms. The van der Waals surface area contributed by atoms with Crippen LogP contribution < -0.4 is 5.73 Å². The first-order valence-corrected chi connectivity index (χ1v) is 4.94. The highest BCUT2D eigenvalue weighted by atomic mass is 15.0. The molecule has 2 aromatic heterocycles. The summed E-state index contributed by atoms with van der Waals surface area (Å²) in [7, 11) is 0. The van der Waals surface area contributed by atoms with Gasteiger partial charge in [-0.25, -0.2) is 4.98 Å². The molecule has 2 aromatic rings. The molecule has 14 heavy (non-hydrogen) atoms. The van der Waals surface area contributed by atoms with Crippen molar-refractivity contribution in [3.05, 3.63) is 35.9 Å². The Morgan fingerprint density at radius 1 is 1.43 bits per heavy atom. The minimum atomic E-state index is 0.727. The number of fused-ring (bicyclic) bond motifs is 1. The second-order valence-electron chi connectivity index (χ2n) is 3.51. The van der Waals surface area contributed by atoms with E-state index in [2.05, 4.69) is 34.5 Å². The molecule has 3 heteroatoms. The van der Waals surface area contributed by atoms with Crippen molar-refractivity contribution in [3.8, 4) is 0 Å². The fraction of sp³-hybridized carbons (Fsp3) is 0.364. The lowest BCUT2D eigenvalue weighted by atomic mass is 10.2. The van der Waals surface area contributed by atoms with Crippen LogP contribution in [0.3, 0.4) is 0 Å². The first-order valence-electron chi connectivity index (χ1n) is 4.94. The predicted octanol–water partition coefficient (Wildman–Crippen LogP) is 1.53. The van der Waals surface area contributed by atoms with Crippen molar-refractivity contribution in [2.45, 2.75) is 19.8 Å². The number of nitrogens with zero attached hydrogens (tertiary/aromatic N) is 2. The molecule has 0 radical (unpaired) electrons. The van der Waals surface area contributed by atoms with Gasteiger partial charge in [-0.15, -0.1) is 0 Å². The van der Waals surface area contributed by atoms with Gasteiger partial charge in [0.25, 0.3) is 0 Å². The number of nitrogens with two attached hydrogens (primary N) is 1. The van der Waals surface area contributed by atoms with Gasteiger partial charge >= 0.3 is 0 Å². The van der Waals surface area contributed by atoms with Crippen molar-refractivity contribution in [3.63, 3.8) is 0 Å². The normalized spacial score (nSPS) is 11.0. The van der Waals surface area contributed by atoms with Gasteiger partial charge in [-0.3, -0.25) is 0 Å². The number of aryl methyl sites for hydroxylation is 2. The van der Waals surface area contributed by atoms with Crippen molar-refractivity contribution in [2.24, 2.45) is 5.73 Å². The van der Waals surface area contributed by atoms with E-state index in [1.807, 2.05) is 6.33 Å². The number of rotatable bonds is 3. The second kappa shape index (κ2) is 3.80. The van der Waals surface area contributed by atoms with Crippen molar-refractivity contribution >= 4 is 5.52 Å². The topological polar surface area (TPSA) is 43.3 Å². The maximum Gasteiger partial charge on any atom is 0.0997 e. The Balaban J connectivity index is 2.42. The summed E-state index contributed by atoms with van der Waals surface area (Å²) in [4.78, 5) is 4.40. The zero-order valence-corrected chi connectivity index (χ0v) is 8.40. The van der Waals surface area contributed by atoms with Crippen LogP contribution in [0.4, 0.5) is 0 Å². The van der Waals surface area contributed by atoms with Crippen LogP contribution in [0.1, 0.15) is 17.8 Å². The van der Waals surface area contributed by atoms with Crippen LogP contribution >= 0.6 is 0 Å². The molecule has 0 aliphatic carbocycles. The fourth-order valence-corrected chi connectivity index (χ4v) is 1.67. The largest absolute Gasteiger partial charge is 0.330 e. The van der Waals surface area contributed by atoms with E-state index >= 15 is 0 Å². The molecule has 2 N–H and O–H groups in total. The summed E-state index contributed by atoms with van der Waals surface area (Å²) in [6.07, 6.45) is 3.85. The van der Waals surface area contributed by atoms with Gasteiger partial charge in [0.15, 0.2) is 0 Å². The highest BCUT2D eigenvalue weighted by Gasteiger charge is 2.03. The Morgan fingerprint density at radius 3 is 3.07 bits per heavy atom. The van der Waals surface area contributed by atoms with Crippen LogP contribution in [0, 0.1) is 6.92 Å². The summed E-state index contributed by atoms with van der Waals surface area (Å²) in [6.45, 7) is 2.81. The minimum absolute atomic E-state index is 0.727. The summed E-state index contributed by atoms with van der Waals surface area (Å²) in [6, 6.07) is 6.26. The third-order valence-electron chi connectivity index (χ3n) is 2.47. The van der Waals surface area contributed by atoms with Gasteiger partial charge in [0, 0.05) is 5.69 Å². The summed E-state index contributed by atoms with van der Waals surface area (Å²) in [5, 5.41) is 0. The molecule has 0 unspecified atom stereocenters. The molecule has 0 fully saturated rings. The monoisotopic (exact) mass is 189 g/mol. The third-order valence-corrected chi connectivity index (χ3v) is 2.47. The Labute approximate surface area is 83.6 Å². The molecule has 0 saturated heterocycles. The molecule has 0 spiro atoms. The highest BCUT2D eigenvalue weighted by molar-refractivity contribution is 5.52. The molecule has 0 aliphatic rings. The van der Waals surface area contributed by atoms with Gasteiger partial charge in [0.2, 0.25) is 0 Å². The average Bonchev–Trinajstić information content (AvgIpc) is 2.60. The van der Waals surface area contributed by atoms with Crippen molar-refractivity contribution < 1.29 is 0 Å². The zero-order chi connectivity index (χ0) is 9.97. The molecule has 2 heterocycles. The lowest BCUT2D eigenvalue weighted by Gasteiger charge is -2.00. The molecule has 0 amide bonds. The first-order chi connectivity index (χ1) is 6.83. The maximum atomic E-state index is 5.48. The van der Waals surface area contributed by atoms with Gasteiger partial charge in [0.05, 0.1) is 17.5 Å². The molecular weight excluding hydrogens is 174 g/mol. The summed E-state index contributed by atoms with van der Waals surface area (Å²) in [5.74, 6) is 0. The van der Waals surface area contributed by atoms with Gasteiger partial charge in [0.1, 0.15) is 0 Å². The molecule has 0 atom stereocenters. The Bertz CT molecular complexity index is 431. The zero-order valence-electron chi connectivity index (χ0n) is 8.40.